The maximum atomic E-state index is 11.9. The summed E-state index contributed by atoms with van der Waals surface area (Å²) in [6.45, 7) is 5.36. The third kappa shape index (κ3) is 3.67. The molecule has 4 saturated carbocycles. The van der Waals surface area contributed by atoms with Crippen molar-refractivity contribution in [3.05, 3.63) is 22.2 Å². The van der Waals surface area contributed by atoms with Gasteiger partial charge in [0.05, 0.1) is 19.3 Å². The lowest BCUT2D eigenvalue weighted by molar-refractivity contribution is -0.147. The molecule has 7 atom stereocenters. The number of nitrogens with zero attached hydrogens (tertiary/aromatic N) is 1. The average Bonchev–Trinajstić information content (AvgIpc) is 3.06. The van der Waals surface area contributed by atoms with Crippen molar-refractivity contribution in [2.24, 2.45) is 39.5 Å². The van der Waals surface area contributed by atoms with Crippen LogP contribution >= 0.6 is 15.9 Å². The summed E-state index contributed by atoms with van der Waals surface area (Å²) in [6, 6.07) is 3.57. The van der Waals surface area contributed by atoms with Crippen LogP contribution in [0.2, 0.25) is 0 Å². The average molecular weight is 519 g/mol. The molecule has 0 aliphatic heterocycles. The Morgan fingerprint density at radius 2 is 1.85 bits per heavy atom. The maximum absolute atomic E-state index is 11.9. The lowest BCUT2D eigenvalue weighted by Crippen LogP contribution is -2.56. The van der Waals surface area contributed by atoms with E-state index in [0.29, 0.717) is 29.2 Å². The lowest BCUT2D eigenvalue weighted by atomic mass is 9.44. The zero-order chi connectivity index (χ0) is 23.4. The Bertz CT molecular complexity index is 934. The summed E-state index contributed by atoms with van der Waals surface area (Å²) in [5.41, 5.74) is 0.297. The first kappa shape index (κ1) is 23.7. The molecule has 0 heterocycles. The highest BCUT2D eigenvalue weighted by Crippen LogP contribution is 2.68. The Morgan fingerprint density at radius 3 is 2.64 bits per heavy atom. The van der Waals surface area contributed by atoms with Gasteiger partial charge in [-0.05, 0) is 92.6 Å². The van der Waals surface area contributed by atoms with E-state index in [0.717, 1.165) is 41.5 Å². The van der Waals surface area contributed by atoms with Crippen molar-refractivity contribution in [3.8, 4) is 11.5 Å². The monoisotopic (exact) mass is 517 g/mol. The predicted molar refractivity (Wildman–Crippen MR) is 136 cm³/mol. The number of methoxy groups -OCH3 is 1. The summed E-state index contributed by atoms with van der Waals surface area (Å²) in [5.74, 6) is 3.64. The number of ether oxygens (including phenoxy) is 1. The van der Waals surface area contributed by atoms with Crippen LogP contribution in [0.4, 0.5) is 0 Å². The quantitative estimate of drug-likeness (QED) is 0.434. The van der Waals surface area contributed by atoms with Crippen LogP contribution < -0.4 is 4.74 Å². The second-order valence-electron chi connectivity index (χ2n) is 11.9. The van der Waals surface area contributed by atoms with E-state index in [4.69, 9.17) is 4.74 Å². The number of halogens is 1. The summed E-state index contributed by atoms with van der Waals surface area (Å²) < 4.78 is 6.09. The maximum Gasteiger partial charge on any atom is 0.166 e. The first-order valence-electron chi connectivity index (χ1n) is 13.0. The SMILES string of the molecule is COc1cc(Br)cc(C=NC[C@@]2(O)CC[C@@H]3[C@H]4CC[C@H]5CCCC[C@]5(C)[C@H]4CC[C@]32C)c1O. The number of hydrogen-bond donors (Lipinski definition) is 2. The van der Waals surface area contributed by atoms with Gasteiger partial charge < -0.3 is 14.9 Å². The Morgan fingerprint density at radius 1 is 1.06 bits per heavy atom. The van der Waals surface area contributed by atoms with E-state index in [2.05, 4.69) is 34.8 Å². The van der Waals surface area contributed by atoms with Gasteiger partial charge in [0.15, 0.2) is 11.5 Å². The number of benzene rings is 1. The van der Waals surface area contributed by atoms with Crippen molar-refractivity contribution >= 4 is 22.1 Å². The second-order valence-corrected chi connectivity index (χ2v) is 12.9. The summed E-state index contributed by atoms with van der Waals surface area (Å²) >= 11 is 3.47. The van der Waals surface area contributed by atoms with Gasteiger partial charge in [0.1, 0.15) is 0 Å². The van der Waals surface area contributed by atoms with Gasteiger partial charge in [-0.3, -0.25) is 4.99 Å². The topological polar surface area (TPSA) is 62.0 Å². The number of hydrogen-bond acceptors (Lipinski definition) is 4. The molecule has 0 unspecified atom stereocenters. The summed E-state index contributed by atoms with van der Waals surface area (Å²) in [7, 11) is 1.54. The van der Waals surface area contributed by atoms with Crippen LogP contribution in [0.5, 0.6) is 11.5 Å². The predicted octanol–water partition coefficient (Wildman–Crippen LogP) is 6.75. The molecule has 4 aliphatic rings. The van der Waals surface area contributed by atoms with Crippen molar-refractivity contribution in [3.63, 3.8) is 0 Å². The molecule has 182 valence electrons. The minimum Gasteiger partial charge on any atom is -0.504 e. The first-order chi connectivity index (χ1) is 15.7. The molecule has 4 nitrogen and oxygen atoms in total. The number of rotatable bonds is 4. The van der Waals surface area contributed by atoms with E-state index < -0.39 is 5.60 Å². The molecule has 0 amide bonds. The van der Waals surface area contributed by atoms with Gasteiger partial charge in [0, 0.05) is 21.7 Å². The van der Waals surface area contributed by atoms with Crippen LogP contribution in [0, 0.1) is 34.5 Å². The fourth-order valence-electron chi connectivity index (χ4n) is 8.81. The second kappa shape index (κ2) is 8.55. The van der Waals surface area contributed by atoms with Crippen LogP contribution in [0.15, 0.2) is 21.6 Å². The van der Waals surface area contributed by atoms with Gasteiger partial charge in [-0.1, -0.05) is 42.6 Å². The van der Waals surface area contributed by atoms with Crippen LogP contribution in [-0.2, 0) is 0 Å². The fraction of sp³-hybridized carbons (Fsp3) is 0.750. The van der Waals surface area contributed by atoms with Crippen molar-refractivity contribution in [1.29, 1.82) is 0 Å². The van der Waals surface area contributed by atoms with Crippen LogP contribution in [0.25, 0.3) is 0 Å². The molecule has 0 radical (unpaired) electrons. The largest absolute Gasteiger partial charge is 0.504 e. The molecule has 1 aromatic rings. The van der Waals surface area contributed by atoms with E-state index in [9.17, 15) is 10.2 Å². The summed E-state index contributed by atoms with van der Waals surface area (Å²) in [5, 5.41) is 22.4. The molecule has 0 aromatic heterocycles. The molecule has 2 N–H and O–H groups in total. The van der Waals surface area contributed by atoms with Gasteiger partial charge >= 0.3 is 0 Å². The first-order valence-corrected chi connectivity index (χ1v) is 13.8. The molecule has 33 heavy (non-hydrogen) atoms. The van der Waals surface area contributed by atoms with E-state index in [-0.39, 0.29) is 11.2 Å². The molecule has 0 bridgehead atoms. The van der Waals surface area contributed by atoms with Gasteiger partial charge in [-0.2, -0.15) is 0 Å². The lowest BCUT2D eigenvalue weighted by Gasteiger charge is -2.61. The molecule has 1 aromatic carbocycles. The molecule has 0 spiro atoms. The number of aliphatic imine (C=N–C) groups is 1. The number of phenolic OH excluding ortho intramolecular Hbond substituents is 1. The Kier molecular flexibility index (Phi) is 6.13. The van der Waals surface area contributed by atoms with Gasteiger partial charge in [-0.25, -0.2) is 0 Å². The van der Waals surface area contributed by atoms with Crippen LogP contribution in [-0.4, -0.2) is 35.7 Å². The van der Waals surface area contributed by atoms with Crippen LogP contribution in [0.1, 0.15) is 83.6 Å². The Labute approximate surface area is 207 Å². The smallest absolute Gasteiger partial charge is 0.166 e. The van der Waals surface area contributed by atoms with E-state index in [1.54, 1.807) is 19.4 Å². The molecule has 4 fully saturated rings. The minimum absolute atomic E-state index is 0.0691. The number of aliphatic hydroxyl groups is 1. The van der Waals surface area contributed by atoms with E-state index in [1.165, 1.54) is 44.9 Å². The molecule has 0 saturated heterocycles. The Balaban J connectivity index is 1.35. The van der Waals surface area contributed by atoms with Crippen molar-refractivity contribution in [2.75, 3.05) is 13.7 Å². The Hall–Kier alpha value is -1.07. The highest BCUT2D eigenvalue weighted by Gasteiger charge is 2.64. The zero-order valence-corrected chi connectivity index (χ0v) is 22.0. The fourth-order valence-corrected chi connectivity index (χ4v) is 9.26. The van der Waals surface area contributed by atoms with Crippen molar-refractivity contribution < 1.29 is 14.9 Å². The normalized spacial score (nSPS) is 42.6. The molecular formula is C28H40BrNO3. The highest BCUT2D eigenvalue weighted by molar-refractivity contribution is 9.10. The van der Waals surface area contributed by atoms with Gasteiger partial charge in [0.2, 0.25) is 0 Å². The van der Waals surface area contributed by atoms with Crippen molar-refractivity contribution in [1.82, 2.24) is 0 Å². The molecular weight excluding hydrogens is 478 g/mol. The van der Waals surface area contributed by atoms with E-state index in [1.807, 2.05) is 6.07 Å². The van der Waals surface area contributed by atoms with Gasteiger partial charge in [0.25, 0.3) is 0 Å². The molecule has 5 heteroatoms. The number of fused-ring (bicyclic) bond motifs is 5. The zero-order valence-electron chi connectivity index (χ0n) is 20.4. The third-order valence-electron chi connectivity index (χ3n) is 10.8. The summed E-state index contributed by atoms with van der Waals surface area (Å²) in [6.07, 6.45) is 14.5. The molecule has 5 rings (SSSR count). The standard InChI is InChI=1S/C28H40BrNO3/c1-26-11-5-4-6-19(26)7-8-21-22(26)9-12-27(2)23(21)10-13-28(27,32)17-30-16-18-14-20(29)15-24(33-3)25(18)31/h14-16,19,21-23,31-32H,4-13,17H2,1-3H3/t19-,21+,22+,23-,26+,27-,28+/m1/s1. The van der Waals surface area contributed by atoms with Crippen molar-refractivity contribution in [2.45, 2.75) is 83.7 Å². The van der Waals surface area contributed by atoms with E-state index >= 15 is 0 Å². The third-order valence-corrected chi connectivity index (χ3v) is 11.2. The number of aromatic hydroxyl groups is 1. The van der Waals surface area contributed by atoms with Gasteiger partial charge in [-0.15, -0.1) is 0 Å². The number of phenols is 1. The minimum atomic E-state index is -0.769. The molecule has 4 aliphatic carbocycles. The highest BCUT2D eigenvalue weighted by atomic mass is 79.9. The van der Waals surface area contributed by atoms with Crippen LogP contribution in [0.3, 0.4) is 0 Å². The summed E-state index contributed by atoms with van der Waals surface area (Å²) in [4.78, 5) is 4.68.